The molecule has 1 aromatic heterocycles. The zero-order valence-electron chi connectivity index (χ0n) is 6.60. The molecule has 0 saturated heterocycles. The highest BCUT2D eigenvalue weighted by Crippen LogP contribution is 2.23. The summed E-state index contributed by atoms with van der Waals surface area (Å²) < 4.78 is 17.9. The van der Waals surface area contributed by atoms with Crippen molar-refractivity contribution in [1.82, 2.24) is 4.98 Å². The van der Waals surface area contributed by atoms with Gasteiger partial charge in [0.2, 0.25) is 0 Å². The first kappa shape index (κ1) is 7.16. The summed E-state index contributed by atoms with van der Waals surface area (Å²) in [5.41, 5.74) is 0.785. The van der Waals surface area contributed by atoms with Crippen LogP contribution in [0.25, 0.3) is 10.9 Å². The largest absolute Gasteiger partial charge is 0.494 e. The fourth-order valence-electron chi connectivity index (χ4n) is 1.21. The van der Waals surface area contributed by atoms with Crippen LogP contribution >= 0.6 is 0 Å². The van der Waals surface area contributed by atoms with Crippen LogP contribution in [0.2, 0.25) is 0 Å². The number of benzene rings is 1. The van der Waals surface area contributed by atoms with Crippen molar-refractivity contribution in [3.05, 3.63) is 30.2 Å². The summed E-state index contributed by atoms with van der Waals surface area (Å²) in [6.45, 7) is 0. The fraction of sp³-hybridized carbons (Fsp3) is 0.111. The molecule has 3 heteroatoms. The summed E-state index contributed by atoms with van der Waals surface area (Å²) in [5.74, 6) is -0.0606. The third-order valence-electron chi connectivity index (χ3n) is 1.83. The molecule has 62 valence electrons. The molecular weight excluding hydrogens is 157 g/mol. The third kappa shape index (κ3) is 0.942. The molecule has 2 rings (SSSR count). The van der Waals surface area contributed by atoms with Crippen LogP contribution in [0.5, 0.6) is 5.75 Å². The van der Waals surface area contributed by atoms with E-state index in [2.05, 4.69) is 4.98 Å². The van der Waals surface area contributed by atoms with Crippen LogP contribution in [0.1, 0.15) is 0 Å². The number of nitrogens with one attached hydrogen (secondary N) is 1. The number of hydrogen-bond acceptors (Lipinski definition) is 1. The Kier molecular flexibility index (Phi) is 1.50. The first-order valence-electron chi connectivity index (χ1n) is 3.62. The smallest absolute Gasteiger partial charge is 0.167 e. The molecule has 1 N–H and O–H groups in total. The standard InChI is InChI=1S/C9H8FNO/c1-12-9-4-6-2-3-11-8(6)5-7(9)10/h2-5,11H,1H3. The molecule has 0 radical (unpaired) electrons. The molecule has 0 bridgehead atoms. The Morgan fingerprint density at radius 2 is 2.25 bits per heavy atom. The molecule has 0 amide bonds. The predicted octanol–water partition coefficient (Wildman–Crippen LogP) is 2.32. The SMILES string of the molecule is COc1cc2cc[nH]c2cc1F. The van der Waals surface area contributed by atoms with E-state index < -0.39 is 0 Å². The first-order chi connectivity index (χ1) is 5.81. The summed E-state index contributed by atoms with van der Waals surface area (Å²) in [6, 6.07) is 4.96. The summed E-state index contributed by atoms with van der Waals surface area (Å²) in [6.07, 6.45) is 1.77. The molecule has 0 fully saturated rings. The molecule has 0 aliphatic rings. The molecular formula is C9H8FNO. The van der Waals surface area contributed by atoms with E-state index in [1.807, 2.05) is 6.07 Å². The highest BCUT2D eigenvalue weighted by molar-refractivity contribution is 5.80. The summed E-state index contributed by atoms with van der Waals surface area (Å²) >= 11 is 0. The van der Waals surface area contributed by atoms with E-state index in [9.17, 15) is 4.39 Å². The van der Waals surface area contributed by atoms with Gasteiger partial charge < -0.3 is 9.72 Å². The van der Waals surface area contributed by atoms with Gasteiger partial charge in [-0.05, 0) is 12.1 Å². The number of aromatic nitrogens is 1. The van der Waals surface area contributed by atoms with Crippen LogP contribution in [0.3, 0.4) is 0 Å². The van der Waals surface area contributed by atoms with E-state index in [1.54, 1.807) is 12.3 Å². The van der Waals surface area contributed by atoms with Gasteiger partial charge in [-0.25, -0.2) is 4.39 Å². The molecule has 0 unspecified atom stereocenters. The van der Waals surface area contributed by atoms with Crippen LogP contribution < -0.4 is 4.74 Å². The lowest BCUT2D eigenvalue weighted by molar-refractivity contribution is 0.387. The van der Waals surface area contributed by atoms with Gasteiger partial charge in [-0.2, -0.15) is 0 Å². The van der Waals surface area contributed by atoms with E-state index in [0.717, 1.165) is 10.9 Å². The molecule has 0 aliphatic carbocycles. The lowest BCUT2D eigenvalue weighted by atomic mass is 10.2. The third-order valence-corrected chi connectivity index (χ3v) is 1.83. The van der Waals surface area contributed by atoms with E-state index in [-0.39, 0.29) is 11.6 Å². The summed E-state index contributed by atoms with van der Waals surface area (Å²) in [4.78, 5) is 2.92. The number of halogens is 1. The second kappa shape index (κ2) is 2.52. The second-order valence-electron chi connectivity index (χ2n) is 2.55. The lowest BCUT2D eigenvalue weighted by Gasteiger charge is -2.00. The molecule has 0 atom stereocenters. The van der Waals surface area contributed by atoms with Crippen LogP contribution in [-0.2, 0) is 0 Å². The average molecular weight is 165 g/mol. The van der Waals surface area contributed by atoms with E-state index in [1.165, 1.54) is 13.2 Å². The average Bonchev–Trinajstić information content (AvgIpc) is 2.49. The zero-order chi connectivity index (χ0) is 8.55. The Balaban J connectivity index is 2.73. The molecule has 2 aromatic rings. The van der Waals surface area contributed by atoms with Crippen molar-refractivity contribution < 1.29 is 9.13 Å². The normalized spacial score (nSPS) is 10.5. The Morgan fingerprint density at radius 1 is 1.42 bits per heavy atom. The van der Waals surface area contributed by atoms with E-state index in [4.69, 9.17) is 4.74 Å². The monoisotopic (exact) mass is 165 g/mol. The number of H-pyrrole nitrogens is 1. The maximum absolute atomic E-state index is 13.1. The molecule has 12 heavy (non-hydrogen) atoms. The van der Waals surface area contributed by atoms with Crippen molar-refractivity contribution in [2.75, 3.05) is 7.11 Å². The molecule has 0 aliphatic heterocycles. The minimum Gasteiger partial charge on any atom is -0.494 e. The zero-order valence-corrected chi connectivity index (χ0v) is 6.60. The number of fused-ring (bicyclic) bond motifs is 1. The molecule has 2 nitrogen and oxygen atoms in total. The molecule has 0 saturated carbocycles. The van der Waals surface area contributed by atoms with Gasteiger partial charge in [-0.1, -0.05) is 0 Å². The highest BCUT2D eigenvalue weighted by atomic mass is 19.1. The van der Waals surface area contributed by atoms with E-state index in [0.29, 0.717) is 0 Å². The van der Waals surface area contributed by atoms with Crippen molar-refractivity contribution in [3.8, 4) is 5.75 Å². The van der Waals surface area contributed by atoms with Crippen molar-refractivity contribution >= 4 is 10.9 Å². The lowest BCUT2D eigenvalue weighted by Crippen LogP contribution is -1.86. The van der Waals surface area contributed by atoms with Crippen molar-refractivity contribution in [1.29, 1.82) is 0 Å². The van der Waals surface area contributed by atoms with Gasteiger partial charge in [0.25, 0.3) is 0 Å². The van der Waals surface area contributed by atoms with Gasteiger partial charge >= 0.3 is 0 Å². The number of rotatable bonds is 1. The van der Waals surface area contributed by atoms with Gasteiger partial charge in [0.15, 0.2) is 11.6 Å². The van der Waals surface area contributed by atoms with Gasteiger partial charge in [-0.3, -0.25) is 0 Å². The van der Waals surface area contributed by atoms with Gasteiger partial charge in [0.1, 0.15) is 0 Å². The number of hydrogen-bond donors (Lipinski definition) is 1. The van der Waals surface area contributed by atoms with Crippen LogP contribution in [0, 0.1) is 5.82 Å². The number of methoxy groups -OCH3 is 1. The Bertz CT molecular complexity index is 408. The number of ether oxygens (including phenoxy) is 1. The molecule has 1 aromatic carbocycles. The Labute approximate surface area is 69.0 Å². The Morgan fingerprint density at radius 3 is 3.00 bits per heavy atom. The maximum Gasteiger partial charge on any atom is 0.167 e. The number of aromatic amines is 1. The fourth-order valence-corrected chi connectivity index (χ4v) is 1.21. The van der Waals surface area contributed by atoms with Crippen LogP contribution in [-0.4, -0.2) is 12.1 Å². The minimum atomic E-state index is -0.340. The quantitative estimate of drug-likeness (QED) is 0.689. The van der Waals surface area contributed by atoms with Crippen molar-refractivity contribution in [2.24, 2.45) is 0 Å². The summed E-state index contributed by atoms with van der Waals surface area (Å²) in [7, 11) is 1.46. The topological polar surface area (TPSA) is 25.0 Å². The van der Waals surface area contributed by atoms with Gasteiger partial charge in [0.05, 0.1) is 7.11 Å². The molecule has 0 spiro atoms. The van der Waals surface area contributed by atoms with Gasteiger partial charge in [0, 0.05) is 23.2 Å². The van der Waals surface area contributed by atoms with E-state index >= 15 is 0 Å². The first-order valence-corrected chi connectivity index (χ1v) is 3.62. The minimum absolute atomic E-state index is 0.280. The van der Waals surface area contributed by atoms with Crippen LogP contribution in [0.4, 0.5) is 4.39 Å². The predicted molar refractivity (Wildman–Crippen MR) is 44.8 cm³/mol. The van der Waals surface area contributed by atoms with Gasteiger partial charge in [-0.15, -0.1) is 0 Å². The van der Waals surface area contributed by atoms with Crippen molar-refractivity contribution in [2.45, 2.75) is 0 Å². The highest BCUT2D eigenvalue weighted by Gasteiger charge is 2.04. The Hall–Kier alpha value is -1.51. The molecule has 1 heterocycles. The van der Waals surface area contributed by atoms with Crippen LogP contribution in [0.15, 0.2) is 24.4 Å². The maximum atomic E-state index is 13.1. The second-order valence-corrected chi connectivity index (χ2v) is 2.55. The summed E-state index contributed by atoms with van der Waals surface area (Å²) in [5, 5.41) is 0.952. The van der Waals surface area contributed by atoms with Crippen molar-refractivity contribution in [3.63, 3.8) is 0 Å².